The highest BCUT2D eigenvalue weighted by Crippen LogP contribution is 2.23. The highest BCUT2D eigenvalue weighted by Gasteiger charge is 2.14. The minimum atomic E-state index is -0.331. The smallest absolute Gasteiger partial charge is 0.255 e. The molecule has 5 nitrogen and oxygen atoms in total. The van der Waals surface area contributed by atoms with E-state index in [1.54, 1.807) is 19.1 Å². The number of fused-ring (bicyclic) bond motifs is 1. The lowest BCUT2D eigenvalue weighted by molar-refractivity contribution is -0.115. The molecule has 0 bridgehead atoms. The zero-order valence-electron chi connectivity index (χ0n) is 16.8. The van der Waals surface area contributed by atoms with E-state index in [4.69, 9.17) is 0 Å². The number of rotatable bonds is 6. The van der Waals surface area contributed by atoms with Gasteiger partial charge in [-0.3, -0.25) is 9.59 Å². The Balaban J connectivity index is 1.46. The van der Waals surface area contributed by atoms with Crippen LogP contribution in [0.3, 0.4) is 0 Å². The molecule has 0 aliphatic rings. The second-order valence-corrected chi connectivity index (χ2v) is 8.07. The zero-order chi connectivity index (χ0) is 21.8. The molecule has 1 aromatic heterocycles. The molecule has 7 heteroatoms. The second-order valence-electron chi connectivity index (χ2n) is 7.10. The van der Waals surface area contributed by atoms with Crippen LogP contribution in [0.1, 0.15) is 16.8 Å². The number of anilines is 1. The summed E-state index contributed by atoms with van der Waals surface area (Å²) in [7, 11) is 0. The molecule has 1 amide bonds. The summed E-state index contributed by atoms with van der Waals surface area (Å²) in [4.78, 5) is 32.4. The van der Waals surface area contributed by atoms with Crippen molar-refractivity contribution >= 4 is 34.1 Å². The molecule has 0 spiro atoms. The number of carbonyl (C=O) groups excluding carboxylic acids is 1. The van der Waals surface area contributed by atoms with Crippen molar-refractivity contribution in [3.63, 3.8) is 0 Å². The first-order chi connectivity index (χ1) is 15.0. The summed E-state index contributed by atoms with van der Waals surface area (Å²) in [6.07, 6.45) is -0.0692. The quantitative estimate of drug-likeness (QED) is 0.337. The van der Waals surface area contributed by atoms with Crippen LogP contribution < -0.4 is 10.9 Å². The number of halogens is 1. The van der Waals surface area contributed by atoms with Gasteiger partial charge in [-0.15, -0.1) is 0 Å². The van der Waals surface area contributed by atoms with Crippen molar-refractivity contribution in [3.05, 3.63) is 99.7 Å². The van der Waals surface area contributed by atoms with Gasteiger partial charge < -0.3 is 10.3 Å². The van der Waals surface area contributed by atoms with E-state index in [1.807, 2.05) is 42.5 Å². The first kappa shape index (κ1) is 20.8. The van der Waals surface area contributed by atoms with Crippen molar-refractivity contribution in [2.45, 2.75) is 24.3 Å². The molecule has 0 saturated heterocycles. The Morgan fingerprint density at radius 2 is 1.81 bits per heavy atom. The molecule has 31 heavy (non-hydrogen) atoms. The van der Waals surface area contributed by atoms with E-state index in [9.17, 15) is 14.0 Å². The van der Waals surface area contributed by atoms with Crippen molar-refractivity contribution in [2.24, 2.45) is 0 Å². The van der Waals surface area contributed by atoms with Crippen molar-refractivity contribution in [1.82, 2.24) is 9.97 Å². The lowest BCUT2D eigenvalue weighted by Gasteiger charge is -2.10. The molecule has 4 aromatic rings. The van der Waals surface area contributed by atoms with Crippen LogP contribution in [0.2, 0.25) is 0 Å². The maximum Gasteiger partial charge on any atom is 0.255 e. The molecule has 0 radical (unpaired) electrons. The summed E-state index contributed by atoms with van der Waals surface area (Å²) < 4.78 is 13.0. The Hall–Kier alpha value is -3.45. The van der Waals surface area contributed by atoms with Gasteiger partial charge in [0.05, 0.1) is 6.42 Å². The van der Waals surface area contributed by atoms with Gasteiger partial charge in [-0.05, 0) is 36.1 Å². The van der Waals surface area contributed by atoms with Gasteiger partial charge in [-0.25, -0.2) is 9.37 Å². The van der Waals surface area contributed by atoms with E-state index < -0.39 is 0 Å². The van der Waals surface area contributed by atoms with Crippen molar-refractivity contribution in [3.8, 4) is 0 Å². The molecule has 0 saturated carbocycles. The Labute approximate surface area is 182 Å². The third-order valence-electron chi connectivity index (χ3n) is 4.89. The summed E-state index contributed by atoms with van der Waals surface area (Å²) in [6.45, 7) is 1.72. The third kappa shape index (κ3) is 5.00. The molecule has 0 aliphatic carbocycles. The molecule has 0 aliphatic heterocycles. The molecular formula is C24H20FN3O2S. The van der Waals surface area contributed by atoms with Crippen LogP contribution >= 0.6 is 11.8 Å². The number of aryl methyl sites for hydroxylation is 1. The summed E-state index contributed by atoms with van der Waals surface area (Å²) in [5.74, 6) is -0.0236. The molecule has 1 heterocycles. The molecule has 3 aromatic carbocycles. The number of amides is 1. The topological polar surface area (TPSA) is 74.8 Å². The number of nitrogens with zero attached hydrogens (tertiary/aromatic N) is 1. The normalized spacial score (nSPS) is 10.9. The molecule has 0 fully saturated rings. The van der Waals surface area contributed by atoms with Gasteiger partial charge in [0.1, 0.15) is 5.82 Å². The number of hydrogen-bond acceptors (Lipinski definition) is 4. The Morgan fingerprint density at radius 3 is 2.58 bits per heavy atom. The average molecular weight is 434 g/mol. The van der Waals surface area contributed by atoms with Crippen LogP contribution in [0.4, 0.5) is 10.1 Å². The van der Waals surface area contributed by atoms with E-state index in [1.165, 1.54) is 23.9 Å². The van der Waals surface area contributed by atoms with Crippen LogP contribution in [0.25, 0.3) is 10.8 Å². The predicted molar refractivity (Wildman–Crippen MR) is 122 cm³/mol. The predicted octanol–water partition coefficient (Wildman–Crippen LogP) is 4.84. The lowest BCUT2D eigenvalue weighted by atomic mass is 10.1. The summed E-state index contributed by atoms with van der Waals surface area (Å²) in [6, 6.07) is 19.7. The molecule has 4 rings (SSSR count). The number of carbonyl (C=O) groups is 1. The maximum atomic E-state index is 13.0. The van der Waals surface area contributed by atoms with Crippen LogP contribution in [-0.4, -0.2) is 15.9 Å². The highest BCUT2D eigenvalue weighted by atomic mass is 32.2. The van der Waals surface area contributed by atoms with Gasteiger partial charge in [0.2, 0.25) is 5.91 Å². The number of H-pyrrole nitrogens is 1. The van der Waals surface area contributed by atoms with E-state index in [0.717, 1.165) is 16.3 Å². The minimum Gasteiger partial charge on any atom is -0.325 e. The first-order valence-corrected chi connectivity index (χ1v) is 10.7. The largest absolute Gasteiger partial charge is 0.325 e. The van der Waals surface area contributed by atoms with E-state index >= 15 is 0 Å². The number of benzene rings is 3. The molecular weight excluding hydrogens is 413 g/mol. The van der Waals surface area contributed by atoms with Crippen molar-refractivity contribution < 1.29 is 9.18 Å². The number of hydrogen-bond donors (Lipinski definition) is 2. The van der Waals surface area contributed by atoms with Crippen LogP contribution in [0.5, 0.6) is 0 Å². The number of aromatic amines is 1. The summed E-state index contributed by atoms with van der Waals surface area (Å²) >= 11 is 1.35. The average Bonchev–Trinajstić information content (AvgIpc) is 2.76. The number of thioether (sulfide) groups is 1. The van der Waals surface area contributed by atoms with Crippen molar-refractivity contribution in [1.29, 1.82) is 0 Å². The third-order valence-corrected chi connectivity index (χ3v) is 5.83. The van der Waals surface area contributed by atoms with Gasteiger partial charge in [0.25, 0.3) is 5.56 Å². The first-order valence-electron chi connectivity index (χ1n) is 9.74. The SMILES string of the molecule is Cc1nc(SCc2ccc(F)cc2)[nH]c(=O)c1CC(=O)Nc1cccc2ccccc12. The molecule has 156 valence electrons. The summed E-state index contributed by atoms with van der Waals surface area (Å²) in [5.41, 5.74) is 2.14. The molecule has 0 unspecified atom stereocenters. The van der Waals surface area contributed by atoms with Gasteiger partial charge in [0, 0.05) is 28.1 Å². The number of aromatic nitrogens is 2. The van der Waals surface area contributed by atoms with Gasteiger partial charge in [-0.2, -0.15) is 0 Å². The minimum absolute atomic E-state index is 0.0692. The second kappa shape index (κ2) is 9.14. The fourth-order valence-electron chi connectivity index (χ4n) is 3.28. The summed E-state index contributed by atoms with van der Waals surface area (Å²) in [5, 5.41) is 5.33. The standard InChI is InChI=1S/C24H20FN3O2S/c1-15-20(13-22(29)27-21-8-4-6-17-5-2-3-7-19(17)21)23(30)28-24(26-15)31-14-16-9-11-18(25)12-10-16/h2-12H,13-14H2,1H3,(H,27,29)(H,26,28,30). The zero-order valence-corrected chi connectivity index (χ0v) is 17.6. The highest BCUT2D eigenvalue weighted by molar-refractivity contribution is 7.98. The fourth-order valence-corrected chi connectivity index (χ4v) is 4.15. The monoisotopic (exact) mass is 433 g/mol. The van der Waals surface area contributed by atoms with Gasteiger partial charge in [-0.1, -0.05) is 60.3 Å². The van der Waals surface area contributed by atoms with E-state index in [-0.39, 0.29) is 23.7 Å². The maximum absolute atomic E-state index is 13.0. The van der Waals surface area contributed by atoms with Crippen LogP contribution in [0.15, 0.2) is 76.7 Å². The Morgan fingerprint density at radius 1 is 1.06 bits per heavy atom. The van der Waals surface area contributed by atoms with E-state index in [0.29, 0.717) is 27.9 Å². The van der Waals surface area contributed by atoms with Crippen LogP contribution in [0, 0.1) is 12.7 Å². The van der Waals surface area contributed by atoms with Gasteiger partial charge >= 0.3 is 0 Å². The molecule has 0 atom stereocenters. The number of nitrogens with one attached hydrogen (secondary N) is 2. The van der Waals surface area contributed by atoms with Crippen LogP contribution in [-0.2, 0) is 17.0 Å². The Bertz CT molecular complexity index is 1300. The lowest BCUT2D eigenvalue weighted by Crippen LogP contribution is -2.23. The van der Waals surface area contributed by atoms with Crippen molar-refractivity contribution in [2.75, 3.05) is 5.32 Å². The van der Waals surface area contributed by atoms with E-state index in [2.05, 4.69) is 15.3 Å². The molecule has 2 N–H and O–H groups in total. The Kier molecular flexibility index (Phi) is 6.13. The fraction of sp³-hybridized carbons (Fsp3) is 0.125. The van der Waals surface area contributed by atoms with Gasteiger partial charge in [0.15, 0.2) is 5.16 Å².